The van der Waals surface area contributed by atoms with Gasteiger partial charge in [0.05, 0.1) is 13.2 Å². The molecule has 3 rings (SSSR count). The number of phenols is 1. The van der Waals surface area contributed by atoms with Gasteiger partial charge in [0.15, 0.2) is 18.9 Å². The van der Waals surface area contributed by atoms with Crippen LogP contribution in [0.2, 0.25) is 0 Å². The molecular weight excluding hydrogens is 528 g/mol. The third-order valence-electron chi connectivity index (χ3n) is 6.09. The van der Waals surface area contributed by atoms with Crippen LogP contribution in [0.4, 0.5) is 0 Å². The molecule has 0 aliphatic carbocycles. The molecular formula is C24H32O15. The SMILES string of the molecule is O=CC(O)C(O)C(CO)OC1OCC(O)C(OC2OC(COC(=O)/C=C/c3ccc(O)cc3)C(O)C2O)C1O. The molecule has 0 radical (unpaired) electrons. The van der Waals surface area contributed by atoms with E-state index in [1.165, 1.54) is 18.2 Å². The van der Waals surface area contributed by atoms with Crippen LogP contribution in [0.5, 0.6) is 5.75 Å². The number of aromatic hydroxyl groups is 1. The molecule has 39 heavy (non-hydrogen) atoms. The first-order valence-electron chi connectivity index (χ1n) is 11.9. The van der Waals surface area contributed by atoms with E-state index in [0.29, 0.717) is 5.56 Å². The van der Waals surface area contributed by atoms with Crippen molar-refractivity contribution in [3.8, 4) is 5.75 Å². The predicted molar refractivity (Wildman–Crippen MR) is 125 cm³/mol. The molecule has 1 aromatic rings. The Hall–Kier alpha value is -2.54. The number of esters is 1. The summed E-state index contributed by atoms with van der Waals surface area (Å²) in [6, 6.07) is 6.00. The number of carbonyl (C=O) groups is 2. The number of aliphatic hydroxyl groups is 7. The molecule has 0 aromatic heterocycles. The molecule has 11 unspecified atom stereocenters. The predicted octanol–water partition coefficient (Wildman–Crippen LogP) is -3.84. The molecule has 0 bridgehead atoms. The van der Waals surface area contributed by atoms with Gasteiger partial charge in [0.1, 0.15) is 67.3 Å². The van der Waals surface area contributed by atoms with Crippen LogP contribution in [0, 0.1) is 0 Å². The van der Waals surface area contributed by atoms with Crippen LogP contribution in [-0.2, 0) is 33.3 Å². The molecule has 11 atom stereocenters. The zero-order valence-electron chi connectivity index (χ0n) is 20.4. The lowest BCUT2D eigenvalue weighted by Crippen LogP contribution is -2.58. The van der Waals surface area contributed by atoms with E-state index < -0.39 is 93.3 Å². The van der Waals surface area contributed by atoms with Gasteiger partial charge in [-0.15, -0.1) is 0 Å². The molecule has 0 spiro atoms. The molecule has 2 aliphatic heterocycles. The summed E-state index contributed by atoms with van der Waals surface area (Å²) in [6.07, 6.45) is -15.2. The van der Waals surface area contributed by atoms with Crippen LogP contribution in [-0.4, -0.2) is 140 Å². The second-order valence-electron chi connectivity index (χ2n) is 8.91. The minimum Gasteiger partial charge on any atom is -0.508 e. The van der Waals surface area contributed by atoms with Crippen molar-refractivity contribution in [2.75, 3.05) is 19.8 Å². The summed E-state index contributed by atoms with van der Waals surface area (Å²) in [4.78, 5) is 22.7. The quantitative estimate of drug-likeness (QED) is 0.0693. The topological polar surface area (TPSA) is 242 Å². The van der Waals surface area contributed by atoms with Gasteiger partial charge < -0.3 is 69.3 Å². The number of phenolic OH excluding ortho intramolecular Hbond substituents is 1. The molecule has 2 saturated heterocycles. The summed E-state index contributed by atoms with van der Waals surface area (Å²) >= 11 is 0. The largest absolute Gasteiger partial charge is 0.508 e. The zero-order valence-corrected chi connectivity index (χ0v) is 20.4. The van der Waals surface area contributed by atoms with Crippen LogP contribution in [0.15, 0.2) is 30.3 Å². The Morgan fingerprint density at radius 3 is 2.38 bits per heavy atom. The highest BCUT2D eigenvalue weighted by molar-refractivity contribution is 5.87. The fourth-order valence-corrected chi connectivity index (χ4v) is 3.85. The smallest absolute Gasteiger partial charge is 0.330 e. The number of hydrogen-bond donors (Lipinski definition) is 8. The minimum absolute atomic E-state index is 0.0222. The van der Waals surface area contributed by atoms with E-state index in [4.69, 9.17) is 23.7 Å². The molecule has 2 fully saturated rings. The molecule has 0 saturated carbocycles. The summed E-state index contributed by atoms with van der Waals surface area (Å²) in [5.41, 5.74) is 0.612. The van der Waals surface area contributed by atoms with Gasteiger partial charge in [-0.2, -0.15) is 0 Å². The summed E-state index contributed by atoms with van der Waals surface area (Å²) < 4.78 is 26.4. The Bertz CT molecular complexity index is 955. The van der Waals surface area contributed by atoms with Gasteiger partial charge in [0.2, 0.25) is 0 Å². The van der Waals surface area contributed by atoms with E-state index in [0.717, 1.165) is 6.08 Å². The van der Waals surface area contributed by atoms with Gasteiger partial charge in [0.25, 0.3) is 0 Å². The van der Waals surface area contributed by atoms with Crippen LogP contribution in [0.25, 0.3) is 6.08 Å². The fraction of sp³-hybridized carbons (Fsp3) is 0.583. The number of hydrogen-bond acceptors (Lipinski definition) is 15. The van der Waals surface area contributed by atoms with Crippen molar-refractivity contribution >= 4 is 18.3 Å². The molecule has 15 heteroatoms. The normalized spacial score (nSPS) is 33.5. The number of rotatable bonds is 12. The molecule has 8 N–H and O–H groups in total. The highest BCUT2D eigenvalue weighted by Gasteiger charge is 2.49. The maximum Gasteiger partial charge on any atom is 0.330 e. The third kappa shape index (κ3) is 8.00. The van der Waals surface area contributed by atoms with Gasteiger partial charge in [-0.05, 0) is 23.8 Å². The Morgan fingerprint density at radius 2 is 1.74 bits per heavy atom. The molecule has 2 aliphatic rings. The number of aldehydes is 1. The van der Waals surface area contributed by atoms with E-state index in [9.17, 15) is 50.4 Å². The van der Waals surface area contributed by atoms with Crippen molar-refractivity contribution in [1.29, 1.82) is 0 Å². The maximum absolute atomic E-state index is 12.0. The van der Waals surface area contributed by atoms with E-state index in [-0.39, 0.29) is 12.0 Å². The van der Waals surface area contributed by atoms with Crippen molar-refractivity contribution in [2.45, 2.75) is 67.5 Å². The standard InChI is InChI=1S/C24H32O15/c25-7-13(28)18(31)15(8-26)37-23-21(34)22(14(29)9-36-23)39-24-20(33)19(32)16(38-24)10-35-17(30)6-3-11-1-4-12(27)5-2-11/h1-7,13-16,18-24,26-29,31-34H,8-10H2/b6-3+. The Labute approximate surface area is 222 Å². The van der Waals surface area contributed by atoms with Crippen LogP contribution >= 0.6 is 0 Å². The van der Waals surface area contributed by atoms with E-state index >= 15 is 0 Å². The second kappa shape index (κ2) is 14.2. The van der Waals surface area contributed by atoms with Gasteiger partial charge >= 0.3 is 5.97 Å². The first kappa shape index (κ1) is 31.0. The zero-order chi connectivity index (χ0) is 28.7. The number of ether oxygens (including phenoxy) is 5. The highest BCUT2D eigenvalue weighted by atomic mass is 16.7. The van der Waals surface area contributed by atoms with Gasteiger partial charge in [-0.25, -0.2) is 4.79 Å². The van der Waals surface area contributed by atoms with Gasteiger partial charge in [-0.1, -0.05) is 12.1 Å². The fourth-order valence-electron chi connectivity index (χ4n) is 3.85. The monoisotopic (exact) mass is 560 g/mol. The van der Waals surface area contributed by atoms with E-state index in [1.807, 2.05) is 0 Å². The summed E-state index contributed by atoms with van der Waals surface area (Å²) in [5.74, 6) is -0.725. The second-order valence-corrected chi connectivity index (χ2v) is 8.91. The lowest BCUT2D eigenvalue weighted by atomic mass is 10.0. The van der Waals surface area contributed by atoms with E-state index in [1.54, 1.807) is 12.1 Å². The van der Waals surface area contributed by atoms with Crippen LogP contribution in [0.3, 0.4) is 0 Å². The molecule has 0 amide bonds. The number of aliphatic hydroxyl groups excluding tert-OH is 7. The highest BCUT2D eigenvalue weighted by Crippen LogP contribution is 2.28. The molecule has 15 nitrogen and oxygen atoms in total. The molecule has 218 valence electrons. The number of carbonyl (C=O) groups excluding carboxylic acids is 2. The first-order valence-corrected chi connectivity index (χ1v) is 11.9. The Morgan fingerprint density at radius 1 is 1.05 bits per heavy atom. The Kier molecular flexibility index (Phi) is 11.3. The lowest BCUT2D eigenvalue weighted by Gasteiger charge is -2.40. The lowest BCUT2D eigenvalue weighted by molar-refractivity contribution is -0.322. The summed E-state index contributed by atoms with van der Waals surface area (Å²) in [5, 5.41) is 79.6. The average molecular weight is 561 g/mol. The van der Waals surface area contributed by atoms with Gasteiger partial charge in [-0.3, -0.25) is 0 Å². The van der Waals surface area contributed by atoms with Crippen molar-refractivity contribution in [1.82, 2.24) is 0 Å². The van der Waals surface area contributed by atoms with Crippen LogP contribution in [0.1, 0.15) is 5.56 Å². The van der Waals surface area contributed by atoms with Crippen molar-refractivity contribution < 1.29 is 74.1 Å². The summed E-state index contributed by atoms with van der Waals surface area (Å²) in [6.45, 7) is -1.80. The third-order valence-corrected chi connectivity index (χ3v) is 6.09. The minimum atomic E-state index is -1.89. The Balaban J connectivity index is 1.55. The number of benzene rings is 1. The first-order chi connectivity index (χ1) is 18.5. The van der Waals surface area contributed by atoms with Gasteiger partial charge in [0, 0.05) is 6.08 Å². The van der Waals surface area contributed by atoms with Crippen molar-refractivity contribution in [3.63, 3.8) is 0 Å². The maximum atomic E-state index is 12.0. The van der Waals surface area contributed by atoms with Crippen LogP contribution < -0.4 is 0 Å². The van der Waals surface area contributed by atoms with E-state index in [2.05, 4.69) is 0 Å². The average Bonchev–Trinajstić information content (AvgIpc) is 3.20. The van der Waals surface area contributed by atoms with Crippen molar-refractivity contribution in [3.05, 3.63) is 35.9 Å². The molecule has 1 aromatic carbocycles. The summed E-state index contributed by atoms with van der Waals surface area (Å²) in [7, 11) is 0. The molecule has 2 heterocycles. The van der Waals surface area contributed by atoms with Crippen molar-refractivity contribution in [2.24, 2.45) is 0 Å².